The van der Waals surface area contributed by atoms with Crippen LogP contribution in [0.1, 0.15) is 24.9 Å². The monoisotopic (exact) mass is 253 g/mol. The number of hydrogen-bond donors (Lipinski definition) is 2. The molecule has 0 heterocycles. The molecule has 1 atom stereocenters. The Morgan fingerprint density at radius 1 is 1.44 bits per heavy atom. The molecule has 0 aliphatic rings. The van der Waals surface area contributed by atoms with Crippen molar-refractivity contribution in [2.75, 3.05) is 20.3 Å². The van der Waals surface area contributed by atoms with E-state index in [9.17, 15) is 4.79 Å². The van der Waals surface area contributed by atoms with Crippen LogP contribution in [0, 0.1) is 0 Å². The highest BCUT2D eigenvalue weighted by molar-refractivity contribution is 5.68. The highest BCUT2D eigenvalue weighted by Gasteiger charge is 2.16. The van der Waals surface area contributed by atoms with Crippen LogP contribution in [-0.2, 0) is 4.74 Å². The number of nitrogens with one attached hydrogen (secondary N) is 1. The lowest BCUT2D eigenvalue weighted by molar-refractivity contribution is 0.116. The molecule has 18 heavy (non-hydrogen) atoms. The summed E-state index contributed by atoms with van der Waals surface area (Å²) in [6, 6.07) is 7.34. The summed E-state index contributed by atoms with van der Waals surface area (Å²) in [6.07, 6.45) is 0.177. The van der Waals surface area contributed by atoms with Gasteiger partial charge >= 0.3 is 6.09 Å². The van der Waals surface area contributed by atoms with Crippen LogP contribution in [0.5, 0.6) is 5.75 Å². The van der Waals surface area contributed by atoms with Gasteiger partial charge in [0.05, 0.1) is 19.8 Å². The van der Waals surface area contributed by atoms with E-state index in [0.29, 0.717) is 6.42 Å². The maximum absolute atomic E-state index is 11.5. The number of aliphatic hydroxyl groups excluding tert-OH is 1. The molecule has 0 saturated heterocycles. The zero-order chi connectivity index (χ0) is 13.4. The Bertz CT molecular complexity index is 381. The number of carbonyl (C=O) groups is 1. The molecule has 0 fully saturated rings. The van der Waals surface area contributed by atoms with Crippen molar-refractivity contribution >= 4 is 6.09 Å². The third-order valence-electron chi connectivity index (χ3n) is 2.54. The third-order valence-corrected chi connectivity index (χ3v) is 2.54. The zero-order valence-electron chi connectivity index (χ0n) is 10.7. The quantitative estimate of drug-likeness (QED) is 0.812. The Morgan fingerprint density at radius 2 is 2.17 bits per heavy atom. The number of ether oxygens (including phenoxy) is 2. The average Bonchev–Trinajstić information content (AvgIpc) is 2.42. The van der Waals surface area contributed by atoms with Gasteiger partial charge in [-0.05, 0) is 12.5 Å². The zero-order valence-corrected chi connectivity index (χ0v) is 10.7. The summed E-state index contributed by atoms with van der Waals surface area (Å²) in [4.78, 5) is 11.5. The first kappa shape index (κ1) is 14.3. The van der Waals surface area contributed by atoms with E-state index in [0.717, 1.165) is 11.3 Å². The molecule has 0 aromatic heterocycles. The van der Waals surface area contributed by atoms with E-state index in [1.807, 2.05) is 31.2 Å². The van der Waals surface area contributed by atoms with Gasteiger partial charge in [0.2, 0.25) is 0 Å². The molecule has 0 radical (unpaired) electrons. The highest BCUT2D eigenvalue weighted by atomic mass is 16.6. The lowest BCUT2D eigenvalue weighted by Crippen LogP contribution is -2.29. The topological polar surface area (TPSA) is 67.8 Å². The average molecular weight is 253 g/mol. The van der Waals surface area contributed by atoms with Crippen molar-refractivity contribution in [3.8, 4) is 5.75 Å². The fourth-order valence-electron chi connectivity index (χ4n) is 1.68. The fraction of sp³-hybridized carbons (Fsp3) is 0.462. The lowest BCUT2D eigenvalue weighted by Gasteiger charge is -2.19. The number of amides is 1. The molecule has 1 aromatic carbocycles. The van der Waals surface area contributed by atoms with Crippen molar-refractivity contribution < 1.29 is 19.4 Å². The number of alkyl carbamates (subject to hydrolysis) is 1. The van der Waals surface area contributed by atoms with Crippen LogP contribution in [0.25, 0.3) is 0 Å². The Balaban J connectivity index is 2.73. The summed E-state index contributed by atoms with van der Waals surface area (Å²) < 4.78 is 10.0. The molecule has 0 bridgehead atoms. The minimum absolute atomic E-state index is 0.00576. The van der Waals surface area contributed by atoms with E-state index >= 15 is 0 Å². The van der Waals surface area contributed by atoms with E-state index in [2.05, 4.69) is 5.32 Å². The normalized spacial score (nSPS) is 11.7. The second-order valence-electron chi connectivity index (χ2n) is 3.71. The van der Waals surface area contributed by atoms with Crippen molar-refractivity contribution in [1.82, 2.24) is 5.32 Å². The highest BCUT2D eigenvalue weighted by Crippen LogP contribution is 2.26. The molecule has 1 rings (SSSR count). The first-order chi connectivity index (χ1) is 8.72. The Morgan fingerprint density at radius 3 is 2.78 bits per heavy atom. The molecule has 1 amide bonds. The molecule has 0 spiro atoms. The van der Waals surface area contributed by atoms with Crippen molar-refractivity contribution in [2.24, 2.45) is 0 Å². The number of hydrogen-bond acceptors (Lipinski definition) is 4. The maximum atomic E-state index is 11.5. The standard InChI is InChI=1S/C13H19NO4/c1-3-11(14-13(16)18-9-8-15)10-6-4-5-7-12(10)17-2/h4-7,11,15H,3,8-9H2,1-2H3,(H,14,16). The number of methoxy groups -OCH3 is 1. The van der Waals surface area contributed by atoms with Crippen LogP contribution in [-0.4, -0.2) is 31.5 Å². The smallest absolute Gasteiger partial charge is 0.407 e. The van der Waals surface area contributed by atoms with E-state index in [4.69, 9.17) is 14.6 Å². The molecule has 1 unspecified atom stereocenters. The molecular formula is C13H19NO4. The molecule has 0 aliphatic carbocycles. The Labute approximate surface area is 107 Å². The van der Waals surface area contributed by atoms with E-state index in [1.54, 1.807) is 7.11 Å². The van der Waals surface area contributed by atoms with Crippen LogP contribution in [0.15, 0.2) is 24.3 Å². The van der Waals surface area contributed by atoms with Gasteiger partial charge in [0.15, 0.2) is 0 Å². The molecule has 0 saturated carbocycles. The van der Waals surface area contributed by atoms with Gasteiger partial charge in [-0.25, -0.2) is 4.79 Å². The van der Waals surface area contributed by atoms with Crippen molar-refractivity contribution in [2.45, 2.75) is 19.4 Å². The summed E-state index contributed by atoms with van der Waals surface area (Å²) in [7, 11) is 1.59. The summed E-state index contributed by atoms with van der Waals surface area (Å²) in [5.74, 6) is 0.729. The van der Waals surface area contributed by atoms with Crippen LogP contribution < -0.4 is 10.1 Å². The minimum Gasteiger partial charge on any atom is -0.496 e. The van der Waals surface area contributed by atoms with Gasteiger partial charge < -0.3 is 19.9 Å². The third kappa shape index (κ3) is 3.92. The van der Waals surface area contributed by atoms with Gasteiger partial charge in [-0.1, -0.05) is 25.1 Å². The second kappa shape index (κ2) is 7.55. The predicted molar refractivity (Wildman–Crippen MR) is 67.6 cm³/mol. The number of para-hydroxylation sites is 1. The largest absolute Gasteiger partial charge is 0.496 e. The van der Waals surface area contributed by atoms with Crippen molar-refractivity contribution in [3.63, 3.8) is 0 Å². The van der Waals surface area contributed by atoms with E-state index < -0.39 is 6.09 Å². The van der Waals surface area contributed by atoms with Gasteiger partial charge in [0.1, 0.15) is 12.4 Å². The molecule has 1 aromatic rings. The lowest BCUT2D eigenvalue weighted by atomic mass is 10.0. The number of rotatable bonds is 6. The summed E-state index contributed by atoms with van der Waals surface area (Å²) in [5.41, 5.74) is 0.906. The fourth-order valence-corrected chi connectivity index (χ4v) is 1.68. The van der Waals surface area contributed by atoms with Crippen LogP contribution in [0.3, 0.4) is 0 Å². The van der Waals surface area contributed by atoms with E-state index in [-0.39, 0.29) is 19.3 Å². The van der Waals surface area contributed by atoms with Gasteiger partial charge in [-0.3, -0.25) is 0 Å². The van der Waals surface area contributed by atoms with Gasteiger partial charge in [0.25, 0.3) is 0 Å². The van der Waals surface area contributed by atoms with Gasteiger partial charge in [-0.2, -0.15) is 0 Å². The molecule has 2 N–H and O–H groups in total. The summed E-state index contributed by atoms with van der Waals surface area (Å²) in [5, 5.41) is 11.3. The van der Waals surface area contributed by atoms with Gasteiger partial charge in [0, 0.05) is 5.56 Å². The van der Waals surface area contributed by atoms with Crippen LogP contribution >= 0.6 is 0 Å². The SMILES string of the molecule is CCC(NC(=O)OCCO)c1ccccc1OC. The summed E-state index contributed by atoms with van der Waals surface area (Å²) >= 11 is 0. The molecule has 100 valence electrons. The van der Waals surface area contributed by atoms with Gasteiger partial charge in [-0.15, -0.1) is 0 Å². The minimum atomic E-state index is -0.540. The van der Waals surface area contributed by atoms with Crippen molar-refractivity contribution in [3.05, 3.63) is 29.8 Å². The predicted octanol–water partition coefficient (Wildman–Crippen LogP) is 1.86. The molecule has 0 aliphatic heterocycles. The Hall–Kier alpha value is -1.75. The maximum Gasteiger partial charge on any atom is 0.407 e. The van der Waals surface area contributed by atoms with Crippen LogP contribution in [0.4, 0.5) is 4.79 Å². The van der Waals surface area contributed by atoms with E-state index in [1.165, 1.54) is 0 Å². The molecule has 5 nitrogen and oxygen atoms in total. The first-order valence-electron chi connectivity index (χ1n) is 5.90. The van der Waals surface area contributed by atoms with Crippen LogP contribution in [0.2, 0.25) is 0 Å². The Kier molecular flexibility index (Phi) is 6.00. The number of benzene rings is 1. The number of carbonyl (C=O) groups excluding carboxylic acids is 1. The molecular weight excluding hydrogens is 234 g/mol. The number of aliphatic hydroxyl groups is 1. The summed E-state index contributed by atoms with van der Waals surface area (Å²) in [6.45, 7) is 1.77. The molecule has 5 heteroatoms. The second-order valence-corrected chi connectivity index (χ2v) is 3.71. The van der Waals surface area contributed by atoms with Crippen molar-refractivity contribution in [1.29, 1.82) is 0 Å². The first-order valence-corrected chi connectivity index (χ1v) is 5.90.